The van der Waals surface area contributed by atoms with Crippen molar-refractivity contribution >= 4 is 0 Å². The third-order valence-corrected chi connectivity index (χ3v) is 9.25. The Kier molecular flexibility index (Phi) is 2.78. The van der Waals surface area contributed by atoms with Gasteiger partial charge in [0.25, 0.3) is 0 Å². The van der Waals surface area contributed by atoms with Gasteiger partial charge in [0.1, 0.15) is 6.10 Å². The maximum absolute atomic E-state index is 12.9. The van der Waals surface area contributed by atoms with Gasteiger partial charge in [-0.2, -0.15) is 0 Å². The maximum atomic E-state index is 12.9. The minimum Gasteiger partial charge on any atom is -0.368 e. The highest BCUT2D eigenvalue weighted by Crippen LogP contribution is 2.97. The molecule has 9 rings (SSSR count). The van der Waals surface area contributed by atoms with Crippen LogP contribution in [0.15, 0.2) is 70.3 Å². The quantitative estimate of drug-likeness (QED) is 0.645. The van der Waals surface area contributed by atoms with Crippen molar-refractivity contribution < 1.29 is 4.74 Å². The van der Waals surface area contributed by atoms with E-state index >= 15 is 0 Å². The molecule has 31 heavy (non-hydrogen) atoms. The van der Waals surface area contributed by atoms with Crippen molar-refractivity contribution in [1.82, 2.24) is 13.9 Å². The Morgan fingerprint density at radius 1 is 0.839 bits per heavy atom. The molecule has 1 aromatic heterocycles. The molecule has 2 aromatic carbocycles. The summed E-state index contributed by atoms with van der Waals surface area (Å²) in [5.41, 5.74) is 2.02. The number of rotatable bonds is 5. The molecule has 8 atom stereocenters. The highest BCUT2D eigenvalue weighted by Gasteiger charge is 2.97. The first kappa shape index (κ1) is 16.8. The van der Waals surface area contributed by atoms with Gasteiger partial charge in [-0.25, -0.2) is 23.5 Å². The summed E-state index contributed by atoms with van der Waals surface area (Å²) in [5.74, 6) is 2.97. The Balaban J connectivity index is 1.19. The summed E-state index contributed by atoms with van der Waals surface area (Å²) in [6.45, 7) is 0.646. The van der Waals surface area contributed by atoms with E-state index in [1.54, 1.807) is 7.05 Å². The number of nitrogens with zero attached hydrogens (tertiary/aromatic N) is 3. The Morgan fingerprint density at radius 3 is 2.10 bits per heavy atom. The third-order valence-electron chi connectivity index (χ3n) is 9.25. The van der Waals surface area contributed by atoms with E-state index < -0.39 is 0 Å². The molecule has 0 saturated heterocycles. The van der Waals surface area contributed by atoms with Crippen molar-refractivity contribution in [2.75, 3.05) is 6.61 Å². The van der Waals surface area contributed by atoms with Crippen LogP contribution < -0.4 is 11.4 Å². The molecule has 0 radical (unpaired) electrons. The van der Waals surface area contributed by atoms with E-state index in [9.17, 15) is 9.59 Å². The molecule has 6 heteroatoms. The van der Waals surface area contributed by atoms with Crippen molar-refractivity contribution in [2.24, 2.45) is 42.1 Å². The molecule has 3 aromatic rings. The molecule has 0 N–H and O–H groups in total. The van der Waals surface area contributed by atoms with E-state index in [1.165, 1.54) is 4.57 Å². The Morgan fingerprint density at radius 2 is 1.45 bits per heavy atom. The topological polar surface area (TPSA) is 58.2 Å². The van der Waals surface area contributed by atoms with Crippen LogP contribution in [0.4, 0.5) is 0 Å². The van der Waals surface area contributed by atoms with Gasteiger partial charge in [-0.15, -0.1) is 0 Å². The van der Waals surface area contributed by atoms with Crippen LogP contribution in [-0.2, 0) is 11.8 Å². The largest absolute Gasteiger partial charge is 0.368 e. The fourth-order valence-electron chi connectivity index (χ4n) is 8.33. The summed E-state index contributed by atoms with van der Waals surface area (Å²) < 4.78 is 11.7. The van der Waals surface area contributed by atoms with E-state index in [4.69, 9.17) is 4.74 Å². The Hall–Kier alpha value is -2.86. The zero-order valence-corrected chi connectivity index (χ0v) is 17.2. The van der Waals surface area contributed by atoms with Crippen LogP contribution in [-0.4, -0.2) is 20.5 Å². The minimum atomic E-state index is -0.155. The lowest BCUT2D eigenvalue weighted by molar-refractivity contribution is -0.0312. The van der Waals surface area contributed by atoms with Crippen LogP contribution in [0.1, 0.15) is 29.3 Å². The predicted octanol–water partition coefficient (Wildman–Crippen LogP) is 2.37. The second-order valence-electron chi connectivity index (χ2n) is 10.2. The molecule has 3 heterocycles. The average Bonchev–Trinajstić information content (AvgIpc) is 3.61. The van der Waals surface area contributed by atoms with Crippen molar-refractivity contribution in [3.05, 3.63) is 92.8 Å². The van der Waals surface area contributed by atoms with Gasteiger partial charge >= 0.3 is 11.4 Å². The second kappa shape index (κ2) is 5.13. The molecule has 4 aliphatic carbocycles. The van der Waals surface area contributed by atoms with Crippen LogP contribution in [0, 0.1) is 35.0 Å². The molecule has 4 saturated carbocycles. The highest BCUT2D eigenvalue weighted by atomic mass is 16.5. The van der Waals surface area contributed by atoms with E-state index in [2.05, 4.69) is 48.5 Å². The van der Waals surface area contributed by atoms with Gasteiger partial charge in [-0.05, 0) is 40.7 Å². The first-order valence-electron chi connectivity index (χ1n) is 11.3. The molecule has 156 valence electrons. The van der Waals surface area contributed by atoms with Crippen molar-refractivity contribution in [2.45, 2.75) is 18.2 Å². The van der Waals surface area contributed by atoms with E-state index in [0.717, 1.165) is 11.1 Å². The molecule has 4 fully saturated rings. The lowest BCUT2D eigenvalue weighted by Crippen LogP contribution is -2.50. The SMILES string of the molecule is Cn1c(=O)n2n(c1=O)[C@H]1[C@@H]3[C@@H]4[C@@H]3[C@@H]3[C@H]([C@H]42)[C@@]31COC(c1ccccc1)c1ccccc1. The van der Waals surface area contributed by atoms with Crippen molar-refractivity contribution in [3.8, 4) is 0 Å². The van der Waals surface area contributed by atoms with Crippen LogP contribution in [0.5, 0.6) is 0 Å². The number of aromatic nitrogens is 3. The summed E-state index contributed by atoms with van der Waals surface area (Å²) in [7, 11) is 1.61. The summed E-state index contributed by atoms with van der Waals surface area (Å²) in [5, 5.41) is 0. The lowest BCUT2D eigenvalue weighted by Gasteiger charge is -2.43. The molecule has 0 amide bonds. The number of ether oxygens (including phenoxy) is 1. The number of hydrogen-bond donors (Lipinski definition) is 0. The van der Waals surface area contributed by atoms with Gasteiger partial charge in [0.05, 0.1) is 18.7 Å². The van der Waals surface area contributed by atoms with Gasteiger partial charge in [0.2, 0.25) is 0 Å². The Bertz CT molecular complexity index is 1320. The highest BCUT2D eigenvalue weighted by molar-refractivity contribution is 5.43. The smallest absolute Gasteiger partial charge is 0.347 e. The molecule has 2 aliphatic heterocycles. The van der Waals surface area contributed by atoms with Gasteiger partial charge in [-0.1, -0.05) is 60.7 Å². The van der Waals surface area contributed by atoms with Gasteiger partial charge in [0.15, 0.2) is 0 Å². The zero-order chi connectivity index (χ0) is 20.6. The average molecular weight is 413 g/mol. The fourth-order valence-corrected chi connectivity index (χ4v) is 8.33. The van der Waals surface area contributed by atoms with Crippen LogP contribution in [0.2, 0.25) is 0 Å². The maximum Gasteiger partial charge on any atom is 0.347 e. The van der Waals surface area contributed by atoms with Crippen LogP contribution >= 0.6 is 0 Å². The van der Waals surface area contributed by atoms with Crippen molar-refractivity contribution in [1.29, 1.82) is 0 Å². The van der Waals surface area contributed by atoms with E-state index in [0.29, 0.717) is 36.2 Å². The summed E-state index contributed by atoms with van der Waals surface area (Å²) in [6.07, 6.45) is -0.126. The van der Waals surface area contributed by atoms with E-state index in [1.807, 2.05) is 21.5 Å². The molecular formula is C25H23N3O3. The van der Waals surface area contributed by atoms with Gasteiger partial charge in [0, 0.05) is 12.5 Å². The minimum absolute atomic E-state index is 0.0220. The van der Waals surface area contributed by atoms with Crippen LogP contribution in [0.3, 0.4) is 0 Å². The molecule has 0 spiro atoms. The van der Waals surface area contributed by atoms with Gasteiger partial charge in [-0.3, -0.25) is 0 Å². The zero-order valence-electron chi connectivity index (χ0n) is 17.2. The molecular weight excluding hydrogens is 390 g/mol. The number of benzene rings is 2. The Labute approximate surface area is 178 Å². The van der Waals surface area contributed by atoms with Gasteiger partial charge < -0.3 is 4.74 Å². The van der Waals surface area contributed by atoms with E-state index in [-0.39, 0.29) is 35.0 Å². The van der Waals surface area contributed by atoms with Crippen LogP contribution in [0.25, 0.3) is 0 Å². The summed E-state index contributed by atoms with van der Waals surface area (Å²) >= 11 is 0. The number of hydrogen-bond acceptors (Lipinski definition) is 3. The second-order valence-corrected chi connectivity index (χ2v) is 10.2. The third kappa shape index (κ3) is 1.68. The standard InChI is InChI=1S/C25H23N3O3/c1-26-23(29)27-20-16-15-17(16)22(28(27)24(26)30)25(18(15)19(20)25)12-31-21(13-8-4-2-5-9-13)14-10-6-3-7-11-14/h2-11,15-22H,12H2,1H3/t15-,16-,17-,18+,19+,20-,22-,25+/m0/s1. The summed E-state index contributed by atoms with van der Waals surface area (Å²) in [4.78, 5) is 25.7. The molecule has 2 bridgehead atoms. The monoisotopic (exact) mass is 413 g/mol. The summed E-state index contributed by atoms with van der Waals surface area (Å²) in [6, 6.07) is 21.1. The fraction of sp³-hybridized carbons (Fsp3) is 0.440. The predicted molar refractivity (Wildman–Crippen MR) is 113 cm³/mol. The normalized spacial score (nSPS) is 39.1. The molecule has 0 unspecified atom stereocenters. The molecule has 6 nitrogen and oxygen atoms in total. The first-order valence-corrected chi connectivity index (χ1v) is 11.3. The van der Waals surface area contributed by atoms with Crippen molar-refractivity contribution in [3.63, 3.8) is 0 Å². The first-order chi connectivity index (χ1) is 15.2. The lowest BCUT2D eigenvalue weighted by atomic mass is 9.79. The molecule has 6 aliphatic rings.